The molecule has 2 aliphatic heterocycles. The first kappa shape index (κ1) is 14.9. The predicted octanol–water partition coefficient (Wildman–Crippen LogP) is 3.00. The Kier molecular flexibility index (Phi) is 4.81. The SMILES string of the molecule is CCN1CCCC1CN(C)CCC1CNc2ccccc21. The fourth-order valence-electron chi connectivity index (χ4n) is 3.96. The summed E-state index contributed by atoms with van der Waals surface area (Å²) in [6.45, 7) is 8.34. The zero-order valence-corrected chi connectivity index (χ0v) is 13.5. The third-order valence-electron chi connectivity index (χ3n) is 5.23. The van der Waals surface area contributed by atoms with Gasteiger partial charge in [-0.3, -0.25) is 4.90 Å². The van der Waals surface area contributed by atoms with Crippen LogP contribution in [-0.2, 0) is 0 Å². The van der Waals surface area contributed by atoms with Crippen molar-refractivity contribution in [2.75, 3.05) is 45.1 Å². The van der Waals surface area contributed by atoms with E-state index in [9.17, 15) is 0 Å². The highest BCUT2D eigenvalue weighted by molar-refractivity contribution is 5.57. The van der Waals surface area contributed by atoms with Crippen molar-refractivity contribution in [3.05, 3.63) is 29.8 Å². The largest absolute Gasteiger partial charge is 0.384 e. The summed E-state index contributed by atoms with van der Waals surface area (Å²) in [4.78, 5) is 5.18. The molecule has 1 fully saturated rings. The van der Waals surface area contributed by atoms with Crippen molar-refractivity contribution in [1.82, 2.24) is 9.80 Å². The summed E-state index contributed by atoms with van der Waals surface area (Å²) in [6.07, 6.45) is 4.03. The van der Waals surface area contributed by atoms with Crippen LogP contribution in [0.25, 0.3) is 0 Å². The van der Waals surface area contributed by atoms with Crippen LogP contribution in [-0.4, -0.2) is 55.6 Å². The number of rotatable bonds is 6. The number of likely N-dealkylation sites (N-methyl/N-ethyl adjacent to an activating group) is 2. The van der Waals surface area contributed by atoms with Crippen molar-refractivity contribution in [1.29, 1.82) is 0 Å². The third-order valence-corrected chi connectivity index (χ3v) is 5.23. The van der Waals surface area contributed by atoms with E-state index in [2.05, 4.69) is 53.4 Å². The van der Waals surface area contributed by atoms with Crippen molar-refractivity contribution in [2.24, 2.45) is 0 Å². The molecule has 0 saturated carbocycles. The van der Waals surface area contributed by atoms with Gasteiger partial charge in [0.05, 0.1) is 0 Å². The normalized spacial score (nSPS) is 25.3. The van der Waals surface area contributed by atoms with E-state index in [1.807, 2.05) is 0 Å². The smallest absolute Gasteiger partial charge is 0.0376 e. The lowest BCUT2D eigenvalue weighted by Gasteiger charge is -2.28. The first-order chi connectivity index (χ1) is 10.3. The molecule has 1 N–H and O–H groups in total. The Balaban J connectivity index is 1.47. The second-order valence-electron chi connectivity index (χ2n) is 6.64. The van der Waals surface area contributed by atoms with Crippen LogP contribution in [0.15, 0.2) is 24.3 Å². The molecular weight excluding hydrogens is 258 g/mol. The molecule has 2 aliphatic rings. The van der Waals surface area contributed by atoms with E-state index < -0.39 is 0 Å². The summed E-state index contributed by atoms with van der Waals surface area (Å²) in [5.74, 6) is 0.689. The Morgan fingerprint density at radius 1 is 1.33 bits per heavy atom. The Bertz CT molecular complexity index is 460. The quantitative estimate of drug-likeness (QED) is 0.868. The molecule has 1 aromatic rings. The van der Waals surface area contributed by atoms with Gasteiger partial charge in [-0.05, 0) is 57.6 Å². The molecule has 0 aliphatic carbocycles. The van der Waals surface area contributed by atoms with E-state index in [1.165, 1.54) is 56.7 Å². The lowest BCUT2D eigenvalue weighted by atomic mass is 9.98. The molecule has 0 amide bonds. The number of likely N-dealkylation sites (tertiary alicyclic amines) is 1. The van der Waals surface area contributed by atoms with Gasteiger partial charge in [0, 0.05) is 30.7 Å². The van der Waals surface area contributed by atoms with Gasteiger partial charge in [0.1, 0.15) is 0 Å². The first-order valence-corrected chi connectivity index (χ1v) is 8.53. The molecular formula is C18H29N3. The highest BCUT2D eigenvalue weighted by Crippen LogP contribution is 2.33. The van der Waals surface area contributed by atoms with E-state index in [1.54, 1.807) is 0 Å². The minimum Gasteiger partial charge on any atom is -0.384 e. The number of anilines is 1. The summed E-state index contributed by atoms with van der Waals surface area (Å²) in [5.41, 5.74) is 2.86. The zero-order valence-electron chi connectivity index (χ0n) is 13.5. The average Bonchev–Trinajstić information content (AvgIpc) is 3.11. The van der Waals surface area contributed by atoms with Crippen molar-refractivity contribution < 1.29 is 0 Å². The molecule has 3 heteroatoms. The number of fused-ring (bicyclic) bond motifs is 1. The molecule has 0 bridgehead atoms. The van der Waals surface area contributed by atoms with Gasteiger partial charge in [0.15, 0.2) is 0 Å². The molecule has 2 heterocycles. The van der Waals surface area contributed by atoms with Crippen molar-refractivity contribution in [2.45, 2.75) is 38.1 Å². The van der Waals surface area contributed by atoms with Crippen LogP contribution < -0.4 is 5.32 Å². The van der Waals surface area contributed by atoms with Crippen LogP contribution in [0.5, 0.6) is 0 Å². The molecule has 1 saturated heterocycles. The van der Waals surface area contributed by atoms with Gasteiger partial charge in [-0.2, -0.15) is 0 Å². The molecule has 21 heavy (non-hydrogen) atoms. The molecule has 0 aromatic heterocycles. The highest BCUT2D eigenvalue weighted by atomic mass is 15.2. The van der Waals surface area contributed by atoms with Crippen LogP contribution in [0.3, 0.4) is 0 Å². The van der Waals surface area contributed by atoms with E-state index in [-0.39, 0.29) is 0 Å². The van der Waals surface area contributed by atoms with Crippen LogP contribution in [0.2, 0.25) is 0 Å². The lowest BCUT2D eigenvalue weighted by molar-refractivity contribution is 0.196. The molecule has 3 rings (SSSR count). The van der Waals surface area contributed by atoms with Gasteiger partial charge in [-0.15, -0.1) is 0 Å². The maximum Gasteiger partial charge on any atom is 0.0376 e. The Hall–Kier alpha value is -1.06. The lowest BCUT2D eigenvalue weighted by Crippen LogP contribution is -2.39. The second kappa shape index (κ2) is 6.80. The Morgan fingerprint density at radius 3 is 3.05 bits per heavy atom. The number of nitrogens with zero attached hydrogens (tertiary/aromatic N) is 2. The van der Waals surface area contributed by atoms with Gasteiger partial charge in [-0.1, -0.05) is 25.1 Å². The van der Waals surface area contributed by atoms with E-state index in [0.717, 1.165) is 12.6 Å². The number of hydrogen-bond donors (Lipinski definition) is 1. The molecule has 2 atom stereocenters. The van der Waals surface area contributed by atoms with Crippen molar-refractivity contribution >= 4 is 5.69 Å². The number of nitrogens with one attached hydrogen (secondary N) is 1. The van der Waals surface area contributed by atoms with Gasteiger partial charge in [0.25, 0.3) is 0 Å². The van der Waals surface area contributed by atoms with Gasteiger partial charge in [-0.25, -0.2) is 0 Å². The summed E-state index contributed by atoms with van der Waals surface area (Å²) >= 11 is 0. The zero-order chi connectivity index (χ0) is 14.7. The monoisotopic (exact) mass is 287 g/mol. The van der Waals surface area contributed by atoms with E-state index >= 15 is 0 Å². The average molecular weight is 287 g/mol. The maximum atomic E-state index is 3.54. The molecule has 3 nitrogen and oxygen atoms in total. The van der Waals surface area contributed by atoms with E-state index in [4.69, 9.17) is 0 Å². The topological polar surface area (TPSA) is 18.5 Å². The summed E-state index contributed by atoms with van der Waals surface area (Å²) < 4.78 is 0. The fourth-order valence-corrected chi connectivity index (χ4v) is 3.96. The first-order valence-electron chi connectivity index (χ1n) is 8.53. The number of benzene rings is 1. The van der Waals surface area contributed by atoms with Crippen LogP contribution in [0.4, 0.5) is 5.69 Å². The molecule has 2 unspecified atom stereocenters. The second-order valence-corrected chi connectivity index (χ2v) is 6.64. The summed E-state index contributed by atoms with van der Waals surface area (Å²) in [5, 5.41) is 3.54. The van der Waals surface area contributed by atoms with Crippen LogP contribution in [0.1, 0.15) is 37.7 Å². The molecule has 0 radical (unpaired) electrons. The van der Waals surface area contributed by atoms with E-state index in [0.29, 0.717) is 5.92 Å². The van der Waals surface area contributed by atoms with Crippen LogP contribution in [0, 0.1) is 0 Å². The van der Waals surface area contributed by atoms with Gasteiger partial charge < -0.3 is 10.2 Å². The number of para-hydroxylation sites is 1. The fraction of sp³-hybridized carbons (Fsp3) is 0.667. The van der Waals surface area contributed by atoms with Crippen molar-refractivity contribution in [3.8, 4) is 0 Å². The number of hydrogen-bond acceptors (Lipinski definition) is 3. The minimum absolute atomic E-state index is 0.689. The standard InChI is InChI=1S/C18H29N3/c1-3-21-11-6-7-16(21)14-20(2)12-10-15-13-19-18-9-5-4-8-17(15)18/h4-5,8-9,15-16,19H,3,6-7,10-14H2,1-2H3. The highest BCUT2D eigenvalue weighted by Gasteiger charge is 2.25. The Morgan fingerprint density at radius 2 is 2.19 bits per heavy atom. The van der Waals surface area contributed by atoms with Crippen LogP contribution >= 0.6 is 0 Å². The maximum absolute atomic E-state index is 3.54. The summed E-state index contributed by atoms with van der Waals surface area (Å²) in [7, 11) is 2.29. The third kappa shape index (κ3) is 3.41. The van der Waals surface area contributed by atoms with Crippen molar-refractivity contribution in [3.63, 3.8) is 0 Å². The Labute approximate surface area is 129 Å². The molecule has 1 aromatic carbocycles. The van der Waals surface area contributed by atoms with Gasteiger partial charge in [0.2, 0.25) is 0 Å². The predicted molar refractivity (Wildman–Crippen MR) is 90.1 cm³/mol. The minimum atomic E-state index is 0.689. The molecule has 116 valence electrons. The molecule has 0 spiro atoms. The van der Waals surface area contributed by atoms with Gasteiger partial charge >= 0.3 is 0 Å². The summed E-state index contributed by atoms with van der Waals surface area (Å²) in [6, 6.07) is 9.57.